The molecule has 1 saturated carbocycles. The highest BCUT2D eigenvalue weighted by Crippen LogP contribution is 2.48. The van der Waals surface area contributed by atoms with Gasteiger partial charge in [-0.05, 0) is 0 Å². The molecule has 0 radical (unpaired) electrons. The van der Waals surface area contributed by atoms with Gasteiger partial charge < -0.3 is 0 Å². The highest BCUT2D eigenvalue weighted by atomic mass is 17.4. The fraction of sp³-hybridized carbons (Fsp3) is 0.667. The summed E-state index contributed by atoms with van der Waals surface area (Å²) in [5.41, 5.74) is 0. The van der Waals surface area contributed by atoms with Gasteiger partial charge in [-0.2, -0.15) is 9.78 Å². The minimum atomic E-state index is -0.681. The summed E-state index contributed by atoms with van der Waals surface area (Å²) in [6, 6.07) is 0. The van der Waals surface area contributed by atoms with Crippen molar-refractivity contribution in [1.29, 1.82) is 0 Å². The fourth-order valence-electron chi connectivity index (χ4n) is 0.369. The van der Waals surface area contributed by atoms with Crippen LogP contribution in [0.4, 0.5) is 0 Å². The van der Waals surface area contributed by atoms with E-state index in [0.717, 1.165) is 0 Å². The summed E-state index contributed by atoms with van der Waals surface area (Å²) in [5, 5.41) is 0. The number of carbonyl (C=O) groups excluding carboxylic acids is 1. The van der Waals surface area contributed by atoms with Gasteiger partial charge in [0.15, 0.2) is 0 Å². The molecule has 0 amide bonds. The summed E-state index contributed by atoms with van der Waals surface area (Å²) in [6.07, 6.45) is 0.465. The Morgan fingerprint density at radius 2 is 2.17 bits per heavy atom. The van der Waals surface area contributed by atoms with Crippen molar-refractivity contribution in [2.75, 3.05) is 0 Å². The molecule has 1 saturated heterocycles. The molecule has 2 aliphatic rings. The molecule has 32 valence electrons. The molecule has 0 aromatic rings. The SMILES string of the molecule is O=C1CC12OO2. The van der Waals surface area contributed by atoms with Crippen LogP contribution in [-0.2, 0) is 14.6 Å². The van der Waals surface area contributed by atoms with Crippen LogP contribution < -0.4 is 0 Å². The van der Waals surface area contributed by atoms with Crippen LogP contribution in [0.5, 0.6) is 0 Å². The van der Waals surface area contributed by atoms with E-state index >= 15 is 0 Å². The molecule has 2 fully saturated rings. The second-order valence-electron chi connectivity index (χ2n) is 1.52. The van der Waals surface area contributed by atoms with Crippen LogP contribution in [0.2, 0.25) is 0 Å². The van der Waals surface area contributed by atoms with E-state index in [1.165, 1.54) is 0 Å². The van der Waals surface area contributed by atoms with E-state index in [4.69, 9.17) is 0 Å². The number of hydrogen-bond acceptors (Lipinski definition) is 3. The summed E-state index contributed by atoms with van der Waals surface area (Å²) in [7, 11) is 0. The van der Waals surface area contributed by atoms with Gasteiger partial charge in [0, 0.05) is 0 Å². The Morgan fingerprint density at radius 3 is 2.17 bits per heavy atom. The highest BCUT2D eigenvalue weighted by molar-refractivity contribution is 6.03. The zero-order valence-electron chi connectivity index (χ0n) is 2.93. The van der Waals surface area contributed by atoms with Gasteiger partial charge in [-0.1, -0.05) is 0 Å². The molecule has 0 unspecified atom stereocenters. The lowest BCUT2D eigenvalue weighted by molar-refractivity contribution is -0.111. The molecule has 6 heavy (non-hydrogen) atoms. The standard InChI is InChI=1S/C3H2O3/c4-2-1-3(2)5-6-3/h1H2. The third-order valence-corrected chi connectivity index (χ3v) is 0.978. The van der Waals surface area contributed by atoms with Crippen LogP contribution in [0.15, 0.2) is 0 Å². The largest absolute Gasteiger partial charge is 0.298 e. The van der Waals surface area contributed by atoms with Crippen molar-refractivity contribution in [3.8, 4) is 0 Å². The van der Waals surface area contributed by atoms with Crippen molar-refractivity contribution < 1.29 is 14.6 Å². The minimum Gasteiger partial charge on any atom is -0.293 e. The first-order valence-electron chi connectivity index (χ1n) is 1.74. The molecule has 0 atom stereocenters. The highest BCUT2D eigenvalue weighted by Gasteiger charge is 2.71. The van der Waals surface area contributed by atoms with Crippen molar-refractivity contribution in [3.63, 3.8) is 0 Å². The average Bonchev–Trinajstić information content (AvgIpc) is 2.25. The molecule has 0 N–H and O–H groups in total. The van der Waals surface area contributed by atoms with Crippen LogP contribution in [0.25, 0.3) is 0 Å². The first-order chi connectivity index (χ1) is 2.83. The summed E-state index contributed by atoms with van der Waals surface area (Å²) in [4.78, 5) is 18.6. The van der Waals surface area contributed by atoms with Gasteiger partial charge in [-0.25, -0.2) is 0 Å². The van der Waals surface area contributed by atoms with E-state index in [1.54, 1.807) is 0 Å². The summed E-state index contributed by atoms with van der Waals surface area (Å²) in [6.45, 7) is 0. The molecular weight excluding hydrogens is 84.0 g/mol. The quantitative estimate of drug-likeness (QED) is 0.298. The lowest BCUT2D eigenvalue weighted by Gasteiger charge is -1.45. The van der Waals surface area contributed by atoms with Gasteiger partial charge in [0.25, 0.3) is 5.79 Å². The van der Waals surface area contributed by atoms with Crippen molar-refractivity contribution in [3.05, 3.63) is 0 Å². The lowest BCUT2D eigenvalue weighted by Crippen LogP contribution is -1.79. The van der Waals surface area contributed by atoms with Gasteiger partial charge in [-0.15, -0.1) is 0 Å². The van der Waals surface area contributed by atoms with Gasteiger partial charge in [0.1, 0.15) is 0 Å². The molecule has 3 heteroatoms. The molecule has 1 heterocycles. The molecular formula is C3H2O3. The number of hydrogen-bond donors (Lipinski definition) is 0. The van der Waals surface area contributed by atoms with Crippen LogP contribution in [0, 0.1) is 0 Å². The Hall–Kier alpha value is -0.410. The number of rotatable bonds is 0. The maximum Gasteiger partial charge on any atom is 0.298 e. The van der Waals surface area contributed by atoms with Crippen LogP contribution in [0.1, 0.15) is 6.42 Å². The van der Waals surface area contributed by atoms with E-state index in [1.807, 2.05) is 0 Å². The molecule has 1 aliphatic carbocycles. The Kier molecular flexibility index (Phi) is 0.199. The molecule has 1 aliphatic heterocycles. The predicted molar refractivity (Wildman–Crippen MR) is 14.5 cm³/mol. The summed E-state index contributed by atoms with van der Waals surface area (Å²) in [5.74, 6) is -0.609. The number of Topliss-reactive ketones (excluding diaryl/α,β-unsaturated/α-hetero) is 1. The van der Waals surface area contributed by atoms with Crippen molar-refractivity contribution in [2.45, 2.75) is 12.2 Å². The Balaban J connectivity index is 2.36. The van der Waals surface area contributed by atoms with Crippen LogP contribution in [-0.4, -0.2) is 11.6 Å². The van der Waals surface area contributed by atoms with Crippen LogP contribution in [0.3, 0.4) is 0 Å². The smallest absolute Gasteiger partial charge is 0.293 e. The van der Waals surface area contributed by atoms with Crippen molar-refractivity contribution in [2.24, 2.45) is 0 Å². The second-order valence-corrected chi connectivity index (χ2v) is 1.52. The molecule has 0 aromatic carbocycles. The van der Waals surface area contributed by atoms with E-state index in [9.17, 15) is 4.79 Å². The van der Waals surface area contributed by atoms with Crippen molar-refractivity contribution >= 4 is 5.78 Å². The summed E-state index contributed by atoms with van der Waals surface area (Å²) < 4.78 is 0. The topological polar surface area (TPSA) is 42.1 Å². The molecule has 3 nitrogen and oxygen atoms in total. The minimum absolute atomic E-state index is 0.0718. The molecule has 2 rings (SSSR count). The molecule has 1 spiro atoms. The van der Waals surface area contributed by atoms with E-state index in [-0.39, 0.29) is 5.78 Å². The fourth-order valence-corrected chi connectivity index (χ4v) is 0.369. The Bertz CT molecular complexity index is 113. The Morgan fingerprint density at radius 1 is 1.67 bits per heavy atom. The third kappa shape index (κ3) is 0.130. The maximum atomic E-state index is 10.0. The second kappa shape index (κ2) is 0.440. The maximum absolute atomic E-state index is 10.0. The van der Waals surface area contributed by atoms with E-state index in [0.29, 0.717) is 6.42 Å². The Labute approximate surface area is 33.8 Å². The predicted octanol–water partition coefficient (Wildman–Crippen LogP) is -0.383. The first kappa shape index (κ1) is 2.71. The van der Waals surface area contributed by atoms with E-state index in [2.05, 4.69) is 9.78 Å². The normalized spacial score (nSPS) is 34.3. The zero-order chi connectivity index (χ0) is 4.20. The van der Waals surface area contributed by atoms with E-state index < -0.39 is 5.79 Å². The van der Waals surface area contributed by atoms with Crippen molar-refractivity contribution in [1.82, 2.24) is 0 Å². The molecule has 0 bridgehead atoms. The van der Waals surface area contributed by atoms with Gasteiger partial charge in [0.2, 0.25) is 5.78 Å². The van der Waals surface area contributed by atoms with Gasteiger partial charge in [0.05, 0.1) is 6.42 Å². The average molecular weight is 86.0 g/mol. The van der Waals surface area contributed by atoms with Gasteiger partial charge >= 0.3 is 0 Å². The van der Waals surface area contributed by atoms with Gasteiger partial charge in [-0.3, -0.25) is 4.79 Å². The first-order valence-corrected chi connectivity index (χ1v) is 1.74. The number of carbonyl (C=O) groups is 1. The van der Waals surface area contributed by atoms with Crippen LogP contribution >= 0.6 is 0 Å². The molecule has 0 aromatic heterocycles. The zero-order valence-corrected chi connectivity index (χ0v) is 2.93. The number of ketones is 1. The summed E-state index contributed by atoms with van der Waals surface area (Å²) >= 11 is 0. The monoisotopic (exact) mass is 86.0 g/mol. The lowest BCUT2D eigenvalue weighted by atomic mass is 10.8. The third-order valence-electron chi connectivity index (χ3n) is 0.978.